The molecule has 2 fully saturated rings. The molecule has 1 aromatic heterocycles. The molecule has 6 nitrogen and oxygen atoms in total. The molecule has 2 aliphatic rings. The lowest BCUT2D eigenvalue weighted by Crippen LogP contribution is -2.39. The molecule has 0 amide bonds. The number of ether oxygens (including phenoxy) is 2. The molecule has 1 aromatic carbocycles. The number of halogens is 3. The number of rotatable bonds is 7. The molecule has 0 saturated carbocycles. The highest BCUT2D eigenvalue weighted by molar-refractivity contribution is 5.24. The Labute approximate surface area is 179 Å². The lowest BCUT2D eigenvalue weighted by molar-refractivity contribution is -0.137. The fourth-order valence-corrected chi connectivity index (χ4v) is 4.15. The van der Waals surface area contributed by atoms with Crippen molar-refractivity contribution in [2.75, 3.05) is 32.9 Å². The molecule has 0 radical (unpaired) electrons. The molecule has 2 aromatic rings. The number of alkyl halides is 3. The molecular formula is C22H28F3N3O3. The Morgan fingerprint density at radius 1 is 1.10 bits per heavy atom. The minimum absolute atomic E-state index is 0.102. The van der Waals surface area contributed by atoms with E-state index in [-0.39, 0.29) is 12.0 Å². The van der Waals surface area contributed by atoms with Crippen molar-refractivity contribution in [1.29, 1.82) is 0 Å². The summed E-state index contributed by atoms with van der Waals surface area (Å²) in [5.74, 6) is 1.64. The van der Waals surface area contributed by atoms with Gasteiger partial charge in [-0.15, -0.1) is 0 Å². The maximum absolute atomic E-state index is 12.7. The zero-order valence-electron chi connectivity index (χ0n) is 17.4. The van der Waals surface area contributed by atoms with Crippen LogP contribution < -0.4 is 0 Å². The van der Waals surface area contributed by atoms with Gasteiger partial charge in [-0.05, 0) is 49.9 Å². The molecule has 1 unspecified atom stereocenters. The van der Waals surface area contributed by atoms with Crippen LogP contribution in [0.1, 0.15) is 54.4 Å². The third-order valence-corrected chi connectivity index (χ3v) is 5.88. The predicted molar refractivity (Wildman–Crippen MR) is 106 cm³/mol. The molecule has 0 N–H and O–H groups in total. The number of likely N-dealkylation sites (tertiary alicyclic amines) is 1. The molecule has 0 bridgehead atoms. The smallest absolute Gasteiger partial charge is 0.381 e. The van der Waals surface area contributed by atoms with Gasteiger partial charge in [0.25, 0.3) is 0 Å². The molecule has 1 atom stereocenters. The van der Waals surface area contributed by atoms with Crippen LogP contribution in [0.25, 0.3) is 0 Å². The maximum Gasteiger partial charge on any atom is 0.416 e. The SMILES string of the molecule is FC(F)(F)c1ccc(CN2CCCC(OCCc3noc(C4CCOCC4)n3)C2)cc1. The van der Waals surface area contributed by atoms with Crippen LogP contribution in [0.3, 0.4) is 0 Å². The van der Waals surface area contributed by atoms with Crippen molar-refractivity contribution in [1.82, 2.24) is 15.0 Å². The van der Waals surface area contributed by atoms with Gasteiger partial charge in [0.2, 0.25) is 5.89 Å². The van der Waals surface area contributed by atoms with E-state index < -0.39 is 11.7 Å². The monoisotopic (exact) mass is 439 g/mol. The lowest BCUT2D eigenvalue weighted by Gasteiger charge is -2.32. The van der Waals surface area contributed by atoms with Crippen molar-refractivity contribution in [3.8, 4) is 0 Å². The van der Waals surface area contributed by atoms with E-state index in [1.165, 1.54) is 0 Å². The van der Waals surface area contributed by atoms with E-state index in [9.17, 15) is 13.2 Å². The molecule has 0 spiro atoms. The summed E-state index contributed by atoms with van der Waals surface area (Å²) in [6.07, 6.45) is 0.203. The quantitative estimate of drug-likeness (QED) is 0.644. The largest absolute Gasteiger partial charge is 0.416 e. The van der Waals surface area contributed by atoms with Crippen molar-refractivity contribution < 1.29 is 27.2 Å². The van der Waals surface area contributed by atoms with Gasteiger partial charge in [0.1, 0.15) is 0 Å². The molecular weight excluding hydrogens is 411 g/mol. The fourth-order valence-electron chi connectivity index (χ4n) is 4.15. The van der Waals surface area contributed by atoms with E-state index in [0.717, 1.165) is 69.7 Å². The van der Waals surface area contributed by atoms with Gasteiger partial charge < -0.3 is 14.0 Å². The van der Waals surface area contributed by atoms with Crippen LogP contribution >= 0.6 is 0 Å². The highest BCUT2D eigenvalue weighted by atomic mass is 19.4. The fraction of sp³-hybridized carbons (Fsp3) is 0.636. The summed E-state index contributed by atoms with van der Waals surface area (Å²) in [4.78, 5) is 6.74. The van der Waals surface area contributed by atoms with Crippen molar-refractivity contribution >= 4 is 0 Å². The normalized spacial score (nSPS) is 21.5. The molecule has 4 rings (SSSR count). The van der Waals surface area contributed by atoms with Crippen molar-refractivity contribution in [2.24, 2.45) is 0 Å². The van der Waals surface area contributed by atoms with Gasteiger partial charge in [0.15, 0.2) is 5.82 Å². The first-order chi connectivity index (χ1) is 15.0. The first-order valence-corrected chi connectivity index (χ1v) is 10.9. The molecule has 2 saturated heterocycles. The Morgan fingerprint density at radius 2 is 1.87 bits per heavy atom. The van der Waals surface area contributed by atoms with Gasteiger partial charge in [-0.1, -0.05) is 17.3 Å². The number of hydrogen-bond donors (Lipinski definition) is 0. The topological polar surface area (TPSA) is 60.6 Å². The van der Waals surface area contributed by atoms with E-state index >= 15 is 0 Å². The third-order valence-electron chi connectivity index (χ3n) is 5.88. The van der Waals surface area contributed by atoms with Crippen LogP contribution in [-0.2, 0) is 28.6 Å². The number of hydrogen-bond acceptors (Lipinski definition) is 6. The molecule has 170 valence electrons. The zero-order chi connectivity index (χ0) is 21.7. The minimum atomic E-state index is -4.30. The summed E-state index contributed by atoms with van der Waals surface area (Å²) >= 11 is 0. The summed E-state index contributed by atoms with van der Waals surface area (Å²) in [5.41, 5.74) is 0.263. The van der Waals surface area contributed by atoms with Gasteiger partial charge in [-0.25, -0.2) is 0 Å². The number of nitrogens with zero attached hydrogens (tertiary/aromatic N) is 3. The molecule has 0 aliphatic carbocycles. The Morgan fingerprint density at radius 3 is 2.61 bits per heavy atom. The molecule has 2 aliphatic heterocycles. The van der Waals surface area contributed by atoms with Gasteiger partial charge >= 0.3 is 6.18 Å². The Balaban J connectivity index is 1.21. The first kappa shape index (κ1) is 22.2. The Hall–Kier alpha value is -1.97. The summed E-state index contributed by atoms with van der Waals surface area (Å²) in [6.45, 7) is 4.29. The van der Waals surface area contributed by atoms with Gasteiger partial charge in [0, 0.05) is 38.6 Å². The van der Waals surface area contributed by atoms with Crippen LogP contribution in [0.5, 0.6) is 0 Å². The highest BCUT2D eigenvalue weighted by Gasteiger charge is 2.30. The summed E-state index contributed by atoms with van der Waals surface area (Å²) in [5, 5.41) is 4.07. The van der Waals surface area contributed by atoms with E-state index in [0.29, 0.717) is 31.3 Å². The Kier molecular flexibility index (Phi) is 7.24. The second-order valence-electron chi connectivity index (χ2n) is 8.25. The van der Waals surface area contributed by atoms with Crippen LogP contribution in [0, 0.1) is 0 Å². The van der Waals surface area contributed by atoms with Gasteiger partial charge in [-0.2, -0.15) is 18.2 Å². The van der Waals surface area contributed by atoms with Crippen molar-refractivity contribution in [3.05, 3.63) is 47.1 Å². The van der Waals surface area contributed by atoms with Gasteiger partial charge in [0.05, 0.1) is 18.3 Å². The standard InChI is InChI=1S/C22H28F3N3O3/c23-22(24,25)18-5-3-16(4-6-18)14-28-10-1-2-19(15-28)30-13-9-20-26-21(31-27-20)17-7-11-29-12-8-17/h3-6,17,19H,1-2,7-15H2. The van der Waals surface area contributed by atoms with E-state index in [1.807, 2.05) is 0 Å². The predicted octanol–water partition coefficient (Wildman–Crippen LogP) is 4.21. The minimum Gasteiger partial charge on any atom is -0.381 e. The second-order valence-corrected chi connectivity index (χ2v) is 8.25. The van der Waals surface area contributed by atoms with Gasteiger partial charge in [-0.3, -0.25) is 4.90 Å². The molecule has 9 heteroatoms. The van der Waals surface area contributed by atoms with E-state index in [2.05, 4.69) is 15.0 Å². The molecule has 3 heterocycles. The number of benzene rings is 1. The van der Waals surface area contributed by atoms with E-state index in [4.69, 9.17) is 14.0 Å². The first-order valence-electron chi connectivity index (χ1n) is 10.9. The second kappa shape index (κ2) is 10.1. The molecule has 31 heavy (non-hydrogen) atoms. The van der Waals surface area contributed by atoms with Crippen LogP contribution in [0.15, 0.2) is 28.8 Å². The number of aromatic nitrogens is 2. The lowest BCUT2D eigenvalue weighted by atomic mass is 10.0. The zero-order valence-corrected chi connectivity index (χ0v) is 17.4. The van der Waals surface area contributed by atoms with Crippen LogP contribution in [0.2, 0.25) is 0 Å². The average Bonchev–Trinajstić information content (AvgIpc) is 3.23. The number of piperidine rings is 1. The highest BCUT2D eigenvalue weighted by Crippen LogP contribution is 2.29. The van der Waals surface area contributed by atoms with Crippen LogP contribution in [-0.4, -0.2) is 54.1 Å². The van der Waals surface area contributed by atoms with Crippen molar-refractivity contribution in [2.45, 2.75) is 56.8 Å². The summed E-state index contributed by atoms with van der Waals surface area (Å²) in [7, 11) is 0. The maximum atomic E-state index is 12.7. The Bertz CT molecular complexity index is 819. The van der Waals surface area contributed by atoms with Crippen molar-refractivity contribution in [3.63, 3.8) is 0 Å². The average molecular weight is 439 g/mol. The van der Waals surface area contributed by atoms with Crippen LogP contribution in [0.4, 0.5) is 13.2 Å². The van der Waals surface area contributed by atoms with E-state index in [1.54, 1.807) is 12.1 Å². The summed E-state index contributed by atoms with van der Waals surface area (Å²) < 4.78 is 55.0. The third kappa shape index (κ3) is 6.27. The summed E-state index contributed by atoms with van der Waals surface area (Å²) in [6, 6.07) is 5.40.